The Morgan fingerprint density at radius 3 is 1.54 bits per heavy atom. The van der Waals surface area contributed by atoms with Gasteiger partial charge in [0.1, 0.15) is 12.2 Å². The summed E-state index contributed by atoms with van der Waals surface area (Å²) in [7, 11) is 0. The molecule has 0 N–H and O–H groups in total. The summed E-state index contributed by atoms with van der Waals surface area (Å²) in [6.45, 7) is 1.88. The fraction of sp³-hybridized carbons (Fsp3) is 0.0278. The van der Waals surface area contributed by atoms with E-state index in [0.717, 1.165) is 11.1 Å². The highest BCUT2D eigenvalue weighted by atomic mass is 15.0. The Bertz CT molecular complexity index is 1940. The van der Waals surface area contributed by atoms with Crippen LogP contribution >= 0.6 is 0 Å². The van der Waals surface area contributed by atoms with Crippen LogP contribution in [0, 0.1) is 6.92 Å². The minimum Gasteiger partial charge on any atom is -0.222 e. The molecule has 0 aliphatic carbocycles. The predicted octanol–water partition coefficient (Wildman–Crippen LogP) is 9.15. The Balaban J connectivity index is 1.48. The number of fused-ring (bicyclic) bond motifs is 2. The molecule has 0 aliphatic heterocycles. The van der Waals surface area contributed by atoms with Gasteiger partial charge >= 0.3 is 0 Å². The van der Waals surface area contributed by atoms with Crippen molar-refractivity contribution in [1.29, 1.82) is 0 Å². The van der Waals surface area contributed by atoms with Gasteiger partial charge in [0.15, 0.2) is 5.82 Å². The number of nitrogens with zero attached hydrogens (tertiary/aromatic N) is 3. The monoisotopic (exact) mass is 499 g/mol. The molecule has 0 amide bonds. The van der Waals surface area contributed by atoms with Gasteiger partial charge in [-0.15, -0.1) is 0 Å². The summed E-state index contributed by atoms with van der Waals surface area (Å²) in [6.07, 6.45) is 1.56. The summed E-state index contributed by atoms with van der Waals surface area (Å²) in [5.41, 5.74) is 8.28. The molecule has 3 nitrogen and oxygen atoms in total. The second-order valence-corrected chi connectivity index (χ2v) is 9.72. The maximum absolute atomic E-state index is 4.48. The van der Waals surface area contributed by atoms with Crippen molar-refractivity contribution in [3.8, 4) is 44.8 Å². The van der Waals surface area contributed by atoms with Crippen molar-refractivity contribution in [1.82, 2.24) is 15.0 Å². The van der Waals surface area contributed by atoms with Crippen LogP contribution in [0.15, 0.2) is 134 Å². The molecule has 39 heavy (non-hydrogen) atoms. The van der Waals surface area contributed by atoms with Crippen LogP contribution in [-0.2, 0) is 0 Å². The van der Waals surface area contributed by atoms with E-state index in [9.17, 15) is 0 Å². The molecule has 184 valence electrons. The van der Waals surface area contributed by atoms with Crippen molar-refractivity contribution in [3.63, 3.8) is 0 Å². The molecule has 1 aromatic heterocycles. The molecule has 3 heteroatoms. The highest BCUT2D eigenvalue weighted by Gasteiger charge is 2.17. The molecule has 0 spiro atoms. The van der Waals surface area contributed by atoms with Gasteiger partial charge in [-0.3, -0.25) is 0 Å². The van der Waals surface area contributed by atoms with Crippen molar-refractivity contribution >= 4 is 21.5 Å². The smallest absolute Gasteiger partial charge is 0.162 e. The molecule has 0 bridgehead atoms. The minimum absolute atomic E-state index is 0.692. The van der Waals surface area contributed by atoms with Crippen molar-refractivity contribution in [3.05, 3.63) is 140 Å². The summed E-state index contributed by atoms with van der Waals surface area (Å²) in [5.74, 6) is 1.41. The SMILES string of the molecule is Cc1ncnc(-c2ccc(-c3ccc4c(-c5ccccc5)c5ccccc5c(-c5ccccc5)c4c3)cc2)n1. The third-order valence-corrected chi connectivity index (χ3v) is 7.32. The molecule has 0 unspecified atom stereocenters. The quantitative estimate of drug-likeness (QED) is 0.227. The number of benzene rings is 6. The van der Waals surface area contributed by atoms with E-state index in [0.29, 0.717) is 11.6 Å². The van der Waals surface area contributed by atoms with Crippen LogP contribution in [0.3, 0.4) is 0 Å². The van der Waals surface area contributed by atoms with Gasteiger partial charge < -0.3 is 0 Å². The average Bonchev–Trinajstić information content (AvgIpc) is 3.00. The van der Waals surface area contributed by atoms with Gasteiger partial charge in [-0.2, -0.15) is 0 Å². The lowest BCUT2D eigenvalue weighted by molar-refractivity contribution is 0.983. The lowest BCUT2D eigenvalue weighted by atomic mass is 9.85. The maximum Gasteiger partial charge on any atom is 0.162 e. The van der Waals surface area contributed by atoms with Gasteiger partial charge in [-0.05, 0) is 67.9 Å². The highest BCUT2D eigenvalue weighted by Crippen LogP contribution is 2.44. The minimum atomic E-state index is 0.692. The fourth-order valence-electron chi connectivity index (χ4n) is 5.52. The van der Waals surface area contributed by atoms with Crippen LogP contribution < -0.4 is 0 Å². The zero-order valence-electron chi connectivity index (χ0n) is 21.5. The first-order valence-electron chi connectivity index (χ1n) is 13.1. The number of aromatic nitrogens is 3. The van der Waals surface area contributed by atoms with Gasteiger partial charge in [0, 0.05) is 5.56 Å². The van der Waals surface area contributed by atoms with Gasteiger partial charge in [0.25, 0.3) is 0 Å². The summed E-state index contributed by atoms with van der Waals surface area (Å²) in [5, 5.41) is 5.01. The molecule has 7 rings (SSSR count). The van der Waals surface area contributed by atoms with E-state index in [1.165, 1.54) is 49.4 Å². The number of rotatable bonds is 4. The average molecular weight is 500 g/mol. The first kappa shape index (κ1) is 23.0. The molecule has 0 saturated heterocycles. The van der Waals surface area contributed by atoms with Crippen LogP contribution in [0.2, 0.25) is 0 Å². The highest BCUT2D eigenvalue weighted by molar-refractivity contribution is 6.21. The van der Waals surface area contributed by atoms with E-state index in [1.54, 1.807) is 6.33 Å². The standard InChI is InChI=1S/C36H25N3/c1-24-37-23-38-36(39-24)28-18-16-25(17-19-28)29-20-21-32-33(22-29)35(27-12-6-3-7-13-27)31-15-9-8-14-30(31)34(32)26-10-4-2-5-11-26/h2-23H,1H3. The Labute approximate surface area is 227 Å². The largest absolute Gasteiger partial charge is 0.222 e. The van der Waals surface area contributed by atoms with Gasteiger partial charge in [0.05, 0.1) is 0 Å². The summed E-state index contributed by atoms with van der Waals surface area (Å²) < 4.78 is 0. The van der Waals surface area contributed by atoms with E-state index in [2.05, 4.69) is 142 Å². The Morgan fingerprint density at radius 1 is 0.410 bits per heavy atom. The molecule has 6 aromatic carbocycles. The molecule has 0 radical (unpaired) electrons. The summed E-state index contributed by atoms with van der Waals surface area (Å²) in [6, 6.07) is 45.6. The van der Waals surface area contributed by atoms with Gasteiger partial charge in [-0.1, -0.05) is 121 Å². The van der Waals surface area contributed by atoms with Crippen LogP contribution in [0.25, 0.3) is 66.3 Å². The lowest BCUT2D eigenvalue weighted by Crippen LogP contribution is -1.94. The molecule has 0 aliphatic rings. The topological polar surface area (TPSA) is 38.7 Å². The fourth-order valence-corrected chi connectivity index (χ4v) is 5.52. The second kappa shape index (κ2) is 9.62. The van der Waals surface area contributed by atoms with Crippen LogP contribution in [0.1, 0.15) is 5.82 Å². The van der Waals surface area contributed by atoms with Crippen molar-refractivity contribution in [2.24, 2.45) is 0 Å². The van der Waals surface area contributed by atoms with Crippen molar-refractivity contribution < 1.29 is 0 Å². The molecule has 0 atom stereocenters. The Kier molecular flexibility index (Phi) is 5.68. The van der Waals surface area contributed by atoms with Crippen molar-refractivity contribution in [2.75, 3.05) is 0 Å². The van der Waals surface area contributed by atoms with Crippen LogP contribution in [-0.4, -0.2) is 15.0 Å². The number of hydrogen-bond acceptors (Lipinski definition) is 3. The third kappa shape index (κ3) is 4.14. The molecule has 0 fully saturated rings. The van der Waals surface area contributed by atoms with Crippen LogP contribution in [0.5, 0.6) is 0 Å². The molecule has 7 aromatic rings. The lowest BCUT2D eigenvalue weighted by Gasteiger charge is -2.18. The van der Waals surface area contributed by atoms with E-state index in [-0.39, 0.29) is 0 Å². The summed E-state index contributed by atoms with van der Waals surface area (Å²) in [4.78, 5) is 12.9. The number of hydrogen-bond donors (Lipinski definition) is 0. The zero-order chi connectivity index (χ0) is 26.2. The predicted molar refractivity (Wildman–Crippen MR) is 161 cm³/mol. The molecular weight excluding hydrogens is 474 g/mol. The number of aryl methyl sites for hydroxylation is 1. The van der Waals surface area contributed by atoms with Crippen molar-refractivity contribution in [2.45, 2.75) is 6.92 Å². The Hall–Kier alpha value is -5.15. The normalized spacial score (nSPS) is 11.2. The van der Waals surface area contributed by atoms with E-state index < -0.39 is 0 Å². The zero-order valence-corrected chi connectivity index (χ0v) is 21.5. The van der Waals surface area contributed by atoms with Crippen LogP contribution in [0.4, 0.5) is 0 Å². The summed E-state index contributed by atoms with van der Waals surface area (Å²) >= 11 is 0. The first-order valence-corrected chi connectivity index (χ1v) is 13.1. The molecule has 1 heterocycles. The molecule has 0 saturated carbocycles. The maximum atomic E-state index is 4.48. The third-order valence-electron chi connectivity index (χ3n) is 7.32. The van der Waals surface area contributed by atoms with E-state index >= 15 is 0 Å². The first-order chi connectivity index (χ1) is 19.3. The molecular formula is C36H25N3. The second-order valence-electron chi connectivity index (χ2n) is 9.72. The van der Waals surface area contributed by atoms with E-state index in [1.807, 2.05) is 6.92 Å². The van der Waals surface area contributed by atoms with Gasteiger partial charge in [0.2, 0.25) is 0 Å². The van der Waals surface area contributed by atoms with Gasteiger partial charge in [-0.25, -0.2) is 15.0 Å². The Morgan fingerprint density at radius 2 is 0.923 bits per heavy atom. The van der Waals surface area contributed by atoms with E-state index in [4.69, 9.17) is 0 Å².